The molecular weight excluding hydrogens is 260 g/mol. The molecule has 1 aliphatic carbocycles. The Kier molecular flexibility index (Phi) is 6.48. The van der Waals surface area contributed by atoms with Crippen LogP contribution in [-0.4, -0.2) is 36.0 Å². The minimum Gasteiger partial charge on any atom is -0.481 e. The van der Waals surface area contributed by atoms with Gasteiger partial charge in [-0.1, -0.05) is 13.8 Å². The highest BCUT2D eigenvalue weighted by Gasteiger charge is 2.38. The zero-order valence-electron chi connectivity index (χ0n) is 12.1. The van der Waals surface area contributed by atoms with Gasteiger partial charge < -0.3 is 15.7 Å². The standard InChI is InChI=1S/C14H24N2O4/c1-9(3-4-13(18)19)8-16-12(17)5-6-15-14(20)11-7-10(11)2/h9-11H,3-8H2,1-2H3,(H,15,20)(H,16,17)(H,18,19). The van der Waals surface area contributed by atoms with Gasteiger partial charge in [0.15, 0.2) is 0 Å². The highest BCUT2D eigenvalue weighted by atomic mass is 16.4. The van der Waals surface area contributed by atoms with E-state index >= 15 is 0 Å². The van der Waals surface area contributed by atoms with Crippen LogP contribution in [-0.2, 0) is 14.4 Å². The molecule has 3 atom stereocenters. The maximum atomic E-state index is 11.5. The molecule has 0 bridgehead atoms. The maximum Gasteiger partial charge on any atom is 0.303 e. The number of carbonyl (C=O) groups is 3. The van der Waals surface area contributed by atoms with Crippen molar-refractivity contribution in [1.29, 1.82) is 0 Å². The second-order valence-corrected chi connectivity index (χ2v) is 5.70. The molecule has 0 spiro atoms. The van der Waals surface area contributed by atoms with Crippen molar-refractivity contribution >= 4 is 17.8 Å². The third kappa shape index (κ3) is 6.54. The fraction of sp³-hybridized carbons (Fsp3) is 0.786. The van der Waals surface area contributed by atoms with E-state index in [-0.39, 0.29) is 36.5 Å². The summed E-state index contributed by atoms with van der Waals surface area (Å²) in [6.45, 7) is 4.77. The minimum absolute atomic E-state index is 0.0418. The molecule has 3 N–H and O–H groups in total. The Labute approximate surface area is 119 Å². The molecule has 0 aromatic rings. The van der Waals surface area contributed by atoms with Gasteiger partial charge in [0.1, 0.15) is 0 Å². The van der Waals surface area contributed by atoms with E-state index in [9.17, 15) is 14.4 Å². The van der Waals surface area contributed by atoms with Crippen LogP contribution in [0.5, 0.6) is 0 Å². The van der Waals surface area contributed by atoms with Gasteiger partial charge in [0.25, 0.3) is 0 Å². The molecule has 0 heterocycles. The van der Waals surface area contributed by atoms with Gasteiger partial charge in [-0.25, -0.2) is 0 Å². The number of hydrogen-bond acceptors (Lipinski definition) is 3. The summed E-state index contributed by atoms with van der Waals surface area (Å²) in [5.74, 6) is -0.151. The van der Waals surface area contributed by atoms with E-state index in [0.717, 1.165) is 6.42 Å². The van der Waals surface area contributed by atoms with E-state index in [4.69, 9.17) is 5.11 Å². The summed E-state index contributed by atoms with van der Waals surface area (Å²) in [5, 5.41) is 14.1. The Morgan fingerprint density at radius 2 is 1.90 bits per heavy atom. The lowest BCUT2D eigenvalue weighted by Crippen LogP contribution is -2.33. The molecular formula is C14H24N2O4. The van der Waals surface area contributed by atoms with Gasteiger partial charge in [0, 0.05) is 31.8 Å². The summed E-state index contributed by atoms with van der Waals surface area (Å²) < 4.78 is 0. The maximum absolute atomic E-state index is 11.5. The minimum atomic E-state index is -0.819. The van der Waals surface area contributed by atoms with Crippen LogP contribution in [0.1, 0.15) is 39.5 Å². The first-order valence-electron chi connectivity index (χ1n) is 7.16. The van der Waals surface area contributed by atoms with Crippen molar-refractivity contribution in [2.24, 2.45) is 17.8 Å². The van der Waals surface area contributed by atoms with Crippen LogP contribution in [0, 0.1) is 17.8 Å². The van der Waals surface area contributed by atoms with Crippen molar-refractivity contribution < 1.29 is 19.5 Å². The number of amides is 2. The zero-order valence-corrected chi connectivity index (χ0v) is 12.1. The number of carbonyl (C=O) groups excluding carboxylic acids is 2. The summed E-state index contributed by atoms with van der Waals surface area (Å²) in [4.78, 5) is 33.5. The van der Waals surface area contributed by atoms with Crippen molar-refractivity contribution in [2.45, 2.75) is 39.5 Å². The zero-order chi connectivity index (χ0) is 15.1. The highest BCUT2D eigenvalue weighted by Crippen LogP contribution is 2.37. The number of rotatable bonds is 9. The largest absolute Gasteiger partial charge is 0.481 e. The molecule has 0 radical (unpaired) electrons. The molecule has 0 aliphatic heterocycles. The molecule has 6 heteroatoms. The number of nitrogens with one attached hydrogen (secondary N) is 2. The second kappa shape index (κ2) is 7.87. The molecule has 1 rings (SSSR count). The summed E-state index contributed by atoms with van der Waals surface area (Å²) in [5.41, 5.74) is 0. The van der Waals surface area contributed by atoms with Crippen molar-refractivity contribution in [3.63, 3.8) is 0 Å². The third-order valence-electron chi connectivity index (χ3n) is 3.60. The van der Waals surface area contributed by atoms with Crippen LogP contribution in [0.4, 0.5) is 0 Å². The molecule has 0 aromatic heterocycles. The SMILES string of the molecule is CC(CCC(=O)O)CNC(=O)CCNC(=O)C1CC1C. The number of hydrogen-bond donors (Lipinski definition) is 3. The average molecular weight is 284 g/mol. The van der Waals surface area contributed by atoms with Crippen LogP contribution in [0.25, 0.3) is 0 Å². The van der Waals surface area contributed by atoms with E-state index < -0.39 is 5.97 Å². The van der Waals surface area contributed by atoms with Crippen LogP contribution >= 0.6 is 0 Å². The molecule has 1 aliphatic rings. The second-order valence-electron chi connectivity index (χ2n) is 5.70. The highest BCUT2D eigenvalue weighted by molar-refractivity contribution is 5.82. The molecule has 1 fully saturated rings. The van der Waals surface area contributed by atoms with Crippen LogP contribution in [0.2, 0.25) is 0 Å². The van der Waals surface area contributed by atoms with E-state index in [1.165, 1.54) is 0 Å². The molecule has 114 valence electrons. The lowest BCUT2D eigenvalue weighted by Gasteiger charge is -2.11. The van der Waals surface area contributed by atoms with Gasteiger partial charge in [-0.05, 0) is 24.7 Å². The normalized spacial score (nSPS) is 21.9. The van der Waals surface area contributed by atoms with Gasteiger partial charge in [-0.2, -0.15) is 0 Å². The first-order chi connectivity index (χ1) is 9.40. The fourth-order valence-corrected chi connectivity index (χ4v) is 1.97. The van der Waals surface area contributed by atoms with E-state index in [1.54, 1.807) is 0 Å². The van der Waals surface area contributed by atoms with E-state index in [2.05, 4.69) is 10.6 Å². The van der Waals surface area contributed by atoms with Crippen molar-refractivity contribution in [3.05, 3.63) is 0 Å². The average Bonchev–Trinajstić information content (AvgIpc) is 3.11. The molecule has 6 nitrogen and oxygen atoms in total. The number of carboxylic acids is 1. The van der Waals surface area contributed by atoms with E-state index in [1.807, 2.05) is 13.8 Å². The number of aliphatic carboxylic acids is 1. The van der Waals surface area contributed by atoms with Gasteiger partial charge in [-0.3, -0.25) is 14.4 Å². The molecule has 0 saturated heterocycles. The summed E-state index contributed by atoms with van der Waals surface area (Å²) in [7, 11) is 0. The first kappa shape index (κ1) is 16.5. The predicted molar refractivity (Wildman–Crippen MR) is 73.9 cm³/mol. The molecule has 2 amide bonds. The smallest absolute Gasteiger partial charge is 0.303 e. The molecule has 20 heavy (non-hydrogen) atoms. The topological polar surface area (TPSA) is 95.5 Å². The Bertz CT molecular complexity index is 370. The van der Waals surface area contributed by atoms with Gasteiger partial charge in [0.05, 0.1) is 0 Å². The Morgan fingerprint density at radius 1 is 1.25 bits per heavy atom. The quantitative estimate of drug-likeness (QED) is 0.582. The van der Waals surface area contributed by atoms with Crippen LogP contribution in [0.3, 0.4) is 0 Å². The van der Waals surface area contributed by atoms with Gasteiger partial charge in [0.2, 0.25) is 11.8 Å². The number of carboxylic acid groups (broad SMARTS) is 1. The van der Waals surface area contributed by atoms with Crippen LogP contribution in [0.15, 0.2) is 0 Å². The Hall–Kier alpha value is -1.59. The molecule has 0 aromatic carbocycles. The Balaban J connectivity index is 2.02. The van der Waals surface area contributed by atoms with Gasteiger partial charge in [-0.15, -0.1) is 0 Å². The van der Waals surface area contributed by atoms with Crippen LogP contribution < -0.4 is 10.6 Å². The summed E-state index contributed by atoms with van der Waals surface area (Å²) in [6.07, 6.45) is 1.87. The van der Waals surface area contributed by atoms with Crippen molar-refractivity contribution in [2.75, 3.05) is 13.1 Å². The first-order valence-corrected chi connectivity index (χ1v) is 7.16. The summed E-state index contributed by atoms with van der Waals surface area (Å²) in [6, 6.07) is 0. The van der Waals surface area contributed by atoms with Gasteiger partial charge >= 0.3 is 5.97 Å². The molecule has 1 saturated carbocycles. The monoisotopic (exact) mass is 284 g/mol. The third-order valence-corrected chi connectivity index (χ3v) is 3.60. The van der Waals surface area contributed by atoms with Crippen molar-refractivity contribution in [3.8, 4) is 0 Å². The van der Waals surface area contributed by atoms with E-state index in [0.29, 0.717) is 25.4 Å². The lowest BCUT2D eigenvalue weighted by molar-refractivity contribution is -0.137. The molecule has 3 unspecified atom stereocenters. The van der Waals surface area contributed by atoms with Crippen molar-refractivity contribution in [1.82, 2.24) is 10.6 Å². The fourth-order valence-electron chi connectivity index (χ4n) is 1.97. The Morgan fingerprint density at radius 3 is 2.45 bits per heavy atom. The predicted octanol–water partition coefficient (Wildman–Crippen LogP) is 0.766. The summed E-state index contributed by atoms with van der Waals surface area (Å²) >= 11 is 0. The lowest BCUT2D eigenvalue weighted by atomic mass is 10.1.